The number of halogens is 1. The van der Waals surface area contributed by atoms with Crippen molar-refractivity contribution < 1.29 is 4.39 Å². The molecule has 2 rings (SSSR count). The van der Waals surface area contributed by atoms with Crippen LogP contribution in [0.4, 0.5) is 4.39 Å². The number of hydrogen-bond acceptors (Lipinski definition) is 2. The largest absolute Gasteiger partial charge is 0.327 e. The van der Waals surface area contributed by atoms with E-state index in [2.05, 4.69) is 0 Å². The number of hydrogen-bond donors (Lipinski definition) is 1. The molecular weight excluding hydrogens is 185 g/mol. The van der Waals surface area contributed by atoms with E-state index < -0.39 is 5.67 Å². The van der Waals surface area contributed by atoms with Gasteiger partial charge in [-0.1, -0.05) is 0 Å². The Labute approximate surface area is 81.8 Å². The highest BCUT2D eigenvalue weighted by molar-refractivity contribution is 7.10. The summed E-state index contributed by atoms with van der Waals surface area (Å²) >= 11 is 1.60. The minimum absolute atomic E-state index is 0.120. The zero-order valence-corrected chi connectivity index (χ0v) is 8.53. The molecule has 1 saturated carbocycles. The Morgan fingerprint density at radius 1 is 1.69 bits per heavy atom. The zero-order chi connectivity index (χ0) is 9.47. The summed E-state index contributed by atoms with van der Waals surface area (Å²) in [5.74, 6) is 0.172. The van der Waals surface area contributed by atoms with Crippen LogP contribution in [0.15, 0.2) is 11.4 Å². The number of thiophene rings is 1. The average Bonchev–Trinajstić information content (AvgIpc) is 2.89. The van der Waals surface area contributed by atoms with E-state index in [1.54, 1.807) is 11.3 Å². The van der Waals surface area contributed by atoms with Gasteiger partial charge >= 0.3 is 0 Å². The van der Waals surface area contributed by atoms with Gasteiger partial charge in [0.05, 0.1) is 0 Å². The third kappa shape index (κ3) is 1.40. The normalized spacial score (nSPS) is 21.5. The van der Waals surface area contributed by atoms with Crippen molar-refractivity contribution in [3.63, 3.8) is 0 Å². The predicted octanol–water partition coefficient (Wildman–Crippen LogP) is 2.59. The molecule has 1 aliphatic rings. The fourth-order valence-corrected chi connectivity index (χ4v) is 2.63. The third-order valence-electron chi connectivity index (χ3n) is 2.83. The van der Waals surface area contributed by atoms with Gasteiger partial charge in [0, 0.05) is 17.0 Å². The van der Waals surface area contributed by atoms with Gasteiger partial charge in [0.2, 0.25) is 0 Å². The average molecular weight is 199 g/mol. The van der Waals surface area contributed by atoms with Crippen molar-refractivity contribution in [3.05, 3.63) is 21.9 Å². The van der Waals surface area contributed by atoms with Crippen LogP contribution < -0.4 is 5.73 Å². The summed E-state index contributed by atoms with van der Waals surface area (Å²) in [6.07, 6.45) is 1.98. The molecule has 72 valence electrons. The van der Waals surface area contributed by atoms with Crippen molar-refractivity contribution in [2.45, 2.75) is 25.4 Å². The molecule has 1 fully saturated rings. The monoisotopic (exact) mass is 199 g/mol. The van der Waals surface area contributed by atoms with E-state index in [0.717, 1.165) is 23.3 Å². The molecule has 1 unspecified atom stereocenters. The summed E-state index contributed by atoms with van der Waals surface area (Å²) in [6, 6.07) is 1.88. The van der Waals surface area contributed by atoms with Crippen LogP contribution in [0.1, 0.15) is 23.3 Å². The van der Waals surface area contributed by atoms with Crippen molar-refractivity contribution in [1.82, 2.24) is 0 Å². The molecule has 0 radical (unpaired) electrons. The molecule has 1 aliphatic carbocycles. The van der Waals surface area contributed by atoms with E-state index in [9.17, 15) is 4.39 Å². The summed E-state index contributed by atoms with van der Waals surface area (Å²) in [5.41, 5.74) is 5.11. The van der Waals surface area contributed by atoms with E-state index in [4.69, 9.17) is 5.73 Å². The van der Waals surface area contributed by atoms with Crippen LogP contribution in [0.5, 0.6) is 0 Å². The van der Waals surface area contributed by atoms with Gasteiger partial charge in [-0.15, -0.1) is 11.3 Å². The van der Waals surface area contributed by atoms with Crippen LogP contribution >= 0.6 is 11.3 Å². The van der Waals surface area contributed by atoms with Crippen molar-refractivity contribution in [1.29, 1.82) is 0 Å². The summed E-state index contributed by atoms with van der Waals surface area (Å²) in [6.45, 7) is 2.08. The van der Waals surface area contributed by atoms with Crippen LogP contribution in [0.3, 0.4) is 0 Å². The molecule has 1 atom stereocenters. The fraction of sp³-hybridized carbons (Fsp3) is 0.600. The van der Waals surface area contributed by atoms with Crippen molar-refractivity contribution >= 4 is 11.3 Å². The van der Waals surface area contributed by atoms with E-state index in [0.29, 0.717) is 0 Å². The first-order valence-electron chi connectivity index (χ1n) is 4.62. The van der Waals surface area contributed by atoms with E-state index in [1.807, 2.05) is 18.4 Å². The highest BCUT2D eigenvalue weighted by atomic mass is 32.1. The molecule has 0 spiro atoms. The summed E-state index contributed by atoms with van der Waals surface area (Å²) < 4.78 is 14.4. The summed E-state index contributed by atoms with van der Waals surface area (Å²) in [4.78, 5) is 1.07. The lowest BCUT2D eigenvalue weighted by molar-refractivity contribution is 0.143. The molecule has 0 amide bonds. The van der Waals surface area contributed by atoms with Gasteiger partial charge in [-0.25, -0.2) is 4.39 Å². The van der Waals surface area contributed by atoms with Gasteiger partial charge in [-0.05, 0) is 37.1 Å². The lowest BCUT2D eigenvalue weighted by atomic mass is 9.91. The Hall–Kier alpha value is -0.410. The Morgan fingerprint density at radius 2 is 2.38 bits per heavy atom. The lowest BCUT2D eigenvalue weighted by Gasteiger charge is -2.23. The van der Waals surface area contributed by atoms with Gasteiger partial charge in [-0.3, -0.25) is 0 Å². The summed E-state index contributed by atoms with van der Waals surface area (Å²) in [5, 5.41) is 1.94. The third-order valence-corrected chi connectivity index (χ3v) is 3.67. The van der Waals surface area contributed by atoms with Crippen LogP contribution in [0.25, 0.3) is 0 Å². The van der Waals surface area contributed by atoms with Crippen molar-refractivity contribution in [2.24, 2.45) is 11.7 Å². The van der Waals surface area contributed by atoms with Crippen molar-refractivity contribution in [3.8, 4) is 0 Å². The molecule has 1 heterocycles. The molecule has 0 bridgehead atoms. The Kier molecular flexibility index (Phi) is 2.16. The molecule has 0 aromatic carbocycles. The second-order valence-electron chi connectivity index (χ2n) is 3.73. The fourth-order valence-electron chi connectivity index (χ4n) is 1.85. The first kappa shape index (κ1) is 9.16. The van der Waals surface area contributed by atoms with Gasteiger partial charge in [-0.2, -0.15) is 0 Å². The Morgan fingerprint density at radius 3 is 2.77 bits per heavy atom. The first-order chi connectivity index (χ1) is 6.18. The van der Waals surface area contributed by atoms with E-state index in [1.165, 1.54) is 0 Å². The number of rotatable bonds is 3. The van der Waals surface area contributed by atoms with Crippen LogP contribution in [0.2, 0.25) is 0 Å². The smallest absolute Gasteiger partial charge is 0.151 e. The second-order valence-corrected chi connectivity index (χ2v) is 4.85. The van der Waals surface area contributed by atoms with Crippen LogP contribution in [-0.4, -0.2) is 6.54 Å². The molecule has 13 heavy (non-hydrogen) atoms. The standard InChI is InChI=1S/C10H14FNS/c1-7-9(4-5-13-7)10(11,6-12)8-2-3-8/h4-5,8H,2-3,6,12H2,1H3. The maximum absolute atomic E-state index is 14.4. The predicted molar refractivity (Wildman–Crippen MR) is 53.6 cm³/mol. The van der Waals surface area contributed by atoms with Crippen molar-refractivity contribution in [2.75, 3.05) is 6.54 Å². The number of nitrogens with two attached hydrogens (primary N) is 1. The zero-order valence-electron chi connectivity index (χ0n) is 7.72. The minimum Gasteiger partial charge on any atom is -0.327 e. The van der Waals surface area contributed by atoms with Gasteiger partial charge in [0.15, 0.2) is 5.67 Å². The quantitative estimate of drug-likeness (QED) is 0.795. The highest BCUT2D eigenvalue weighted by Gasteiger charge is 2.47. The Bertz CT molecular complexity index is 306. The van der Waals surface area contributed by atoms with E-state index in [-0.39, 0.29) is 12.5 Å². The Balaban J connectivity index is 2.35. The van der Waals surface area contributed by atoms with Crippen LogP contribution in [0, 0.1) is 12.8 Å². The number of aryl methyl sites for hydroxylation is 1. The topological polar surface area (TPSA) is 26.0 Å². The van der Waals surface area contributed by atoms with Gasteiger partial charge < -0.3 is 5.73 Å². The molecule has 1 nitrogen and oxygen atoms in total. The minimum atomic E-state index is -1.25. The van der Waals surface area contributed by atoms with Crippen LogP contribution in [-0.2, 0) is 5.67 Å². The lowest BCUT2D eigenvalue weighted by Crippen LogP contribution is -2.32. The van der Waals surface area contributed by atoms with Gasteiger partial charge in [0.25, 0.3) is 0 Å². The van der Waals surface area contributed by atoms with Gasteiger partial charge in [0.1, 0.15) is 0 Å². The maximum atomic E-state index is 14.4. The molecule has 0 aliphatic heterocycles. The molecule has 2 N–H and O–H groups in total. The molecular formula is C10H14FNS. The molecule has 3 heteroatoms. The highest BCUT2D eigenvalue weighted by Crippen LogP contribution is 2.49. The SMILES string of the molecule is Cc1sccc1C(F)(CN)C1CC1. The second kappa shape index (κ2) is 3.07. The maximum Gasteiger partial charge on any atom is 0.151 e. The number of alkyl halides is 1. The first-order valence-corrected chi connectivity index (χ1v) is 5.50. The van der Waals surface area contributed by atoms with E-state index >= 15 is 0 Å². The molecule has 1 aromatic heterocycles. The molecule has 0 saturated heterocycles. The summed E-state index contributed by atoms with van der Waals surface area (Å²) in [7, 11) is 0. The molecule has 1 aromatic rings.